The molecular formula is C19H28N2O3S. The van der Waals surface area contributed by atoms with E-state index in [0.717, 1.165) is 33.6 Å². The molecule has 0 aliphatic rings. The molecule has 0 amide bonds. The van der Waals surface area contributed by atoms with E-state index in [9.17, 15) is 8.42 Å². The van der Waals surface area contributed by atoms with E-state index in [4.69, 9.17) is 4.42 Å². The Morgan fingerprint density at radius 2 is 1.52 bits per heavy atom. The predicted molar refractivity (Wildman–Crippen MR) is 100 cm³/mol. The van der Waals surface area contributed by atoms with Crippen LogP contribution < -0.4 is 4.72 Å². The topological polar surface area (TPSA) is 62.6 Å². The lowest BCUT2D eigenvalue weighted by Gasteiger charge is -2.24. The Hall–Kier alpha value is -1.63. The van der Waals surface area contributed by atoms with Crippen LogP contribution in [-0.4, -0.2) is 34.0 Å². The van der Waals surface area contributed by atoms with Gasteiger partial charge in [0.1, 0.15) is 5.76 Å². The lowest BCUT2D eigenvalue weighted by Crippen LogP contribution is -2.35. The van der Waals surface area contributed by atoms with Crippen LogP contribution in [-0.2, 0) is 10.0 Å². The van der Waals surface area contributed by atoms with Crippen LogP contribution in [0.5, 0.6) is 0 Å². The number of furan rings is 1. The van der Waals surface area contributed by atoms with Gasteiger partial charge in [0.2, 0.25) is 10.0 Å². The van der Waals surface area contributed by atoms with Gasteiger partial charge in [-0.3, -0.25) is 4.90 Å². The van der Waals surface area contributed by atoms with Crippen LogP contribution in [0.3, 0.4) is 0 Å². The third-order valence-electron chi connectivity index (χ3n) is 5.16. The third kappa shape index (κ3) is 3.81. The van der Waals surface area contributed by atoms with E-state index in [2.05, 4.69) is 4.72 Å². The summed E-state index contributed by atoms with van der Waals surface area (Å²) in [6, 6.07) is 3.50. The number of sulfonamides is 1. The number of nitrogens with one attached hydrogen (secondary N) is 1. The Morgan fingerprint density at radius 3 is 1.96 bits per heavy atom. The highest BCUT2D eigenvalue weighted by Crippen LogP contribution is 2.29. The summed E-state index contributed by atoms with van der Waals surface area (Å²) in [6.07, 6.45) is 1.60. The summed E-state index contributed by atoms with van der Waals surface area (Å²) in [5.74, 6) is 0.734. The molecule has 138 valence electrons. The van der Waals surface area contributed by atoms with Crippen molar-refractivity contribution < 1.29 is 12.8 Å². The van der Waals surface area contributed by atoms with E-state index in [1.54, 1.807) is 12.3 Å². The molecule has 0 radical (unpaired) electrons. The summed E-state index contributed by atoms with van der Waals surface area (Å²) < 4.78 is 34.3. The fourth-order valence-corrected chi connectivity index (χ4v) is 4.78. The first-order valence-corrected chi connectivity index (χ1v) is 9.82. The van der Waals surface area contributed by atoms with Gasteiger partial charge in [0.15, 0.2) is 0 Å². The van der Waals surface area contributed by atoms with Crippen LogP contribution in [0.4, 0.5) is 0 Å². The second-order valence-electron chi connectivity index (χ2n) is 6.80. The average Bonchev–Trinajstić information content (AvgIpc) is 3.04. The molecule has 1 N–H and O–H groups in total. The number of nitrogens with zero attached hydrogens (tertiary/aromatic N) is 1. The lowest BCUT2D eigenvalue weighted by molar-refractivity contribution is 0.259. The SMILES string of the molecule is Cc1c(C)c(C)c(S(=O)(=O)NCC(c2ccco2)N(C)C)c(C)c1C. The maximum atomic E-state index is 13.0. The molecular weight excluding hydrogens is 336 g/mol. The number of benzene rings is 1. The molecule has 1 aromatic heterocycles. The van der Waals surface area contributed by atoms with Crippen LogP contribution in [0.1, 0.15) is 39.6 Å². The minimum absolute atomic E-state index is 0.168. The summed E-state index contributed by atoms with van der Waals surface area (Å²) >= 11 is 0. The van der Waals surface area contributed by atoms with Gasteiger partial charge in [0.05, 0.1) is 17.2 Å². The molecule has 1 unspecified atom stereocenters. The average molecular weight is 365 g/mol. The monoisotopic (exact) mass is 364 g/mol. The van der Waals surface area contributed by atoms with Gasteiger partial charge in [0.25, 0.3) is 0 Å². The minimum Gasteiger partial charge on any atom is -0.468 e. The van der Waals surface area contributed by atoms with Crippen molar-refractivity contribution in [1.29, 1.82) is 0 Å². The van der Waals surface area contributed by atoms with Gasteiger partial charge in [-0.15, -0.1) is 0 Å². The molecule has 2 rings (SSSR count). The van der Waals surface area contributed by atoms with E-state index < -0.39 is 10.0 Å². The molecule has 6 heteroatoms. The Labute approximate surface area is 151 Å². The fourth-order valence-electron chi connectivity index (χ4n) is 3.15. The Kier molecular flexibility index (Phi) is 5.76. The number of likely N-dealkylation sites (N-methyl/N-ethyl adjacent to an activating group) is 1. The highest BCUT2D eigenvalue weighted by atomic mass is 32.2. The Bertz CT molecular complexity index is 824. The zero-order valence-corrected chi connectivity index (χ0v) is 16.9. The minimum atomic E-state index is -3.62. The fraction of sp³-hybridized carbons (Fsp3) is 0.474. The first kappa shape index (κ1) is 19.7. The van der Waals surface area contributed by atoms with Gasteiger partial charge < -0.3 is 4.42 Å². The molecule has 0 bridgehead atoms. The lowest BCUT2D eigenvalue weighted by atomic mass is 9.95. The zero-order valence-electron chi connectivity index (χ0n) is 16.1. The van der Waals surface area contributed by atoms with Gasteiger partial charge in [-0.1, -0.05) is 0 Å². The highest BCUT2D eigenvalue weighted by Gasteiger charge is 2.26. The van der Waals surface area contributed by atoms with E-state index >= 15 is 0 Å². The van der Waals surface area contributed by atoms with E-state index in [-0.39, 0.29) is 12.6 Å². The smallest absolute Gasteiger partial charge is 0.241 e. The van der Waals surface area contributed by atoms with Crippen molar-refractivity contribution in [2.45, 2.75) is 45.6 Å². The molecule has 1 aromatic carbocycles. The number of rotatable bonds is 6. The van der Waals surface area contributed by atoms with Crippen molar-refractivity contribution in [3.05, 3.63) is 52.0 Å². The highest BCUT2D eigenvalue weighted by molar-refractivity contribution is 7.89. The Morgan fingerprint density at radius 1 is 1.00 bits per heavy atom. The summed E-state index contributed by atoms with van der Waals surface area (Å²) in [4.78, 5) is 2.33. The van der Waals surface area contributed by atoms with Crippen molar-refractivity contribution in [2.24, 2.45) is 0 Å². The van der Waals surface area contributed by atoms with Crippen LogP contribution in [0.15, 0.2) is 27.7 Å². The molecule has 0 aliphatic carbocycles. The van der Waals surface area contributed by atoms with Crippen LogP contribution >= 0.6 is 0 Å². The summed E-state index contributed by atoms with van der Waals surface area (Å²) in [6.45, 7) is 9.98. The third-order valence-corrected chi connectivity index (χ3v) is 6.86. The normalized spacial score (nSPS) is 13.4. The quantitative estimate of drug-likeness (QED) is 0.853. The molecule has 0 saturated heterocycles. The van der Waals surface area contributed by atoms with Gasteiger partial charge in [-0.2, -0.15) is 0 Å². The Balaban J connectivity index is 2.37. The molecule has 0 spiro atoms. The first-order valence-electron chi connectivity index (χ1n) is 8.34. The van der Waals surface area contributed by atoms with Crippen molar-refractivity contribution in [3.63, 3.8) is 0 Å². The summed E-state index contributed by atoms with van der Waals surface area (Å²) in [7, 11) is 0.181. The molecule has 25 heavy (non-hydrogen) atoms. The van der Waals surface area contributed by atoms with E-state index in [0.29, 0.717) is 4.90 Å². The molecule has 1 heterocycles. The second-order valence-corrected chi connectivity index (χ2v) is 8.50. The largest absolute Gasteiger partial charge is 0.468 e. The van der Waals surface area contributed by atoms with Crippen LogP contribution in [0.25, 0.3) is 0 Å². The van der Waals surface area contributed by atoms with Gasteiger partial charge >= 0.3 is 0 Å². The van der Waals surface area contributed by atoms with Crippen molar-refractivity contribution in [2.75, 3.05) is 20.6 Å². The van der Waals surface area contributed by atoms with Crippen molar-refractivity contribution >= 4 is 10.0 Å². The maximum Gasteiger partial charge on any atom is 0.241 e. The molecule has 0 fully saturated rings. The van der Waals surface area contributed by atoms with Crippen LogP contribution in [0.2, 0.25) is 0 Å². The number of hydrogen-bond acceptors (Lipinski definition) is 4. The predicted octanol–water partition coefficient (Wildman–Crippen LogP) is 3.40. The molecule has 5 nitrogen and oxygen atoms in total. The van der Waals surface area contributed by atoms with E-state index in [1.165, 1.54) is 0 Å². The standard InChI is InChI=1S/C19H28N2O3S/c1-12-13(2)15(4)19(16(5)14(12)3)25(22,23)20-11-17(21(6)7)18-9-8-10-24-18/h8-10,17,20H,11H2,1-7H3. The first-order chi connectivity index (χ1) is 11.6. The van der Waals surface area contributed by atoms with Gasteiger partial charge in [0, 0.05) is 6.54 Å². The summed E-state index contributed by atoms with van der Waals surface area (Å²) in [5.41, 5.74) is 4.83. The summed E-state index contributed by atoms with van der Waals surface area (Å²) in [5, 5.41) is 0. The second kappa shape index (κ2) is 7.32. The van der Waals surface area contributed by atoms with Crippen molar-refractivity contribution in [1.82, 2.24) is 9.62 Å². The molecule has 0 saturated carbocycles. The molecule has 1 atom stereocenters. The molecule has 0 aliphatic heterocycles. The van der Waals surface area contributed by atoms with Gasteiger partial charge in [-0.05, 0) is 88.7 Å². The zero-order chi connectivity index (χ0) is 18.9. The van der Waals surface area contributed by atoms with Crippen LogP contribution in [0, 0.1) is 34.6 Å². The van der Waals surface area contributed by atoms with E-state index in [1.807, 2.05) is 59.7 Å². The number of hydrogen-bond donors (Lipinski definition) is 1. The van der Waals surface area contributed by atoms with Crippen molar-refractivity contribution in [3.8, 4) is 0 Å². The molecule has 2 aromatic rings. The van der Waals surface area contributed by atoms with Gasteiger partial charge in [-0.25, -0.2) is 13.1 Å². The maximum absolute atomic E-state index is 13.0.